The Kier molecular flexibility index (Phi) is 7.06. The highest BCUT2D eigenvalue weighted by Gasteiger charge is 2.24. The third kappa shape index (κ3) is 5.59. The molecule has 3 aromatic rings. The Morgan fingerprint density at radius 2 is 1.85 bits per heavy atom. The van der Waals surface area contributed by atoms with Gasteiger partial charge in [0, 0.05) is 30.4 Å². The lowest BCUT2D eigenvalue weighted by atomic mass is 10.3. The smallest absolute Gasteiger partial charge is 0.264 e. The number of thioether (sulfide) groups is 1. The van der Waals surface area contributed by atoms with Gasteiger partial charge in [-0.1, -0.05) is 23.9 Å². The first-order valence-electron chi connectivity index (χ1n) is 9.79. The van der Waals surface area contributed by atoms with E-state index < -0.39 is 10.0 Å². The molecule has 2 N–H and O–H groups in total. The van der Waals surface area contributed by atoms with Gasteiger partial charge in [-0.3, -0.25) is 4.90 Å². The van der Waals surface area contributed by atoms with Crippen molar-refractivity contribution in [2.45, 2.75) is 4.90 Å². The van der Waals surface area contributed by atoms with Gasteiger partial charge in [-0.25, -0.2) is 28.1 Å². The zero-order chi connectivity index (χ0) is 23.3. The third-order valence-electron chi connectivity index (χ3n) is 4.53. The van der Waals surface area contributed by atoms with E-state index in [0.717, 1.165) is 16.6 Å². The van der Waals surface area contributed by atoms with E-state index in [-0.39, 0.29) is 10.8 Å². The Morgan fingerprint density at radius 1 is 1.12 bits per heavy atom. The molecule has 0 unspecified atom stereocenters. The van der Waals surface area contributed by atoms with Crippen molar-refractivity contribution in [2.24, 2.45) is 4.99 Å². The van der Waals surface area contributed by atoms with Crippen LogP contribution < -0.4 is 14.8 Å². The highest BCUT2D eigenvalue weighted by Crippen LogP contribution is 2.30. The van der Waals surface area contributed by atoms with E-state index in [1.165, 1.54) is 24.5 Å². The Morgan fingerprint density at radius 3 is 2.58 bits per heavy atom. The number of nitrogens with zero attached hydrogens (tertiary/aromatic N) is 4. The molecule has 2 aromatic carbocycles. The molecule has 0 aliphatic carbocycles. The summed E-state index contributed by atoms with van der Waals surface area (Å²) in [6.45, 7) is 0.706. The van der Waals surface area contributed by atoms with Gasteiger partial charge < -0.3 is 10.1 Å². The molecular formula is C21H20N6O3S3. The number of anilines is 2. The number of hydrogen-bond donors (Lipinski definition) is 2. The molecule has 1 aliphatic rings. The van der Waals surface area contributed by atoms with E-state index in [4.69, 9.17) is 21.9 Å². The molecule has 0 amide bonds. The number of aliphatic imine (C=N–C) groups is 1. The Balaban J connectivity index is 1.45. The van der Waals surface area contributed by atoms with E-state index in [9.17, 15) is 8.42 Å². The summed E-state index contributed by atoms with van der Waals surface area (Å²) >= 11 is 7.19. The molecule has 1 aromatic heterocycles. The molecule has 170 valence electrons. The number of nitrogens with one attached hydrogen (secondary N) is 2. The van der Waals surface area contributed by atoms with Gasteiger partial charge in [0.15, 0.2) is 10.3 Å². The topological polar surface area (TPSA) is 109 Å². The second-order valence-electron chi connectivity index (χ2n) is 6.70. The summed E-state index contributed by atoms with van der Waals surface area (Å²) in [6, 6.07) is 15.4. The van der Waals surface area contributed by atoms with Crippen LogP contribution in [-0.2, 0) is 10.0 Å². The second-order valence-corrected chi connectivity index (χ2v) is 9.83. The number of rotatable bonds is 6. The fraction of sp³-hybridized carbons (Fsp3) is 0.143. The fourth-order valence-electron chi connectivity index (χ4n) is 2.95. The molecule has 1 aliphatic heterocycles. The number of sulfonamides is 1. The fourth-order valence-corrected chi connectivity index (χ4v) is 5.22. The molecule has 12 heteroatoms. The number of benzene rings is 2. The first kappa shape index (κ1) is 23.0. The summed E-state index contributed by atoms with van der Waals surface area (Å²) in [5.74, 6) is 1.54. The molecule has 0 bridgehead atoms. The Labute approximate surface area is 201 Å². The van der Waals surface area contributed by atoms with Gasteiger partial charge in [0.25, 0.3) is 10.0 Å². The number of amidine groups is 1. The molecule has 1 saturated heterocycles. The maximum absolute atomic E-state index is 12.5. The highest BCUT2D eigenvalue weighted by molar-refractivity contribution is 8.14. The van der Waals surface area contributed by atoms with Crippen molar-refractivity contribution in [3.8, 4) is 5.75 Å². The van der Waals surface area contributed by atoms with Crippen LogP contribution in [-0.4, -0.2) is 53.0 Å². The van der Waals surface area contributed by atoms with Crippen molar-refractivity contribution < 1.29 is 13.2 Å². The Bertz CT molecular complexity index is 1270. The predicted octanol–water partition coefficient (Wildman–Crippen LogP) is 3.72. The molecule has 0 radical (unpaired) electrons. The van der Waals surface area contributed by atoms with Crippen LogP contribution in [0.2, 0.25) is 0 Å². The highest BCUT2D eigenvalue weighted by atomic mass is 32.2. The third-order valence-corrected chi connectivity index (χ3v) is 7.15. The summed E-state index contributed by atoms with van der Waals surface area (Å²) in [4.78, 5) is 14.5. The average Bonchev–Trinajstić information content (AvgIpc) is 3.28. The van der Waals surface area contributed by atoms with Crippen LogP contribution in [0, 0.1) is 0 Å². The maximum Gasteiger partial charge on any atom is 0.264 e. The summed E-state index contributed by atoms with van der Waals surface area (Å²) in [7, 11) is -2.20. The zero-order valence-corrected chi connectivity index (χ0v) is 20.0. The van der Waals surface area contributed by atoms with E-state index in [1.54, 1.807) is 37.1 Å². The first-order chi connectivity index (χ1) is 16.0. The minimum Gasteiger partial charge on any atom is -0.494 e. The van der Waals surface area contributed by atoms with Crippen molar-refractivity contribution in [1.82, 2.24) is 14.9 Å². The number of methoxy groups -OCH3 is 1. The largest absolute Gasteiger partial charge is 0.494 e. The monoisotopic (exact) mass is 500 g/mol. The van der Waals surface area contributed by atoms with E-state index in [1.807, 2.05) is 29.2 Å². The van der Waals surface area contributed by atoms with Crippen molar-refractivity contribution >= 4 is 61.6 Å². The minimum absolute atomic E-state index is 0.00859. The van der Waals surface area contributed by atoms with Crippen molar-refractivity contribution in [2.75, 3.05) is 29.4 Å². The van der Waals surface area contributed by atoms with Crippen LogP contribution in [0.15, 0.2) is 76.9 Å². The SMILES string of the molecule is COc1ccccc1N=C1SCCN1C(=S)Nc1ccc(S(=O)(=O)Nc2ncccn2)cc1. The summed E-state index contributed by atoms with van der Waals surface area (Å²) < 4.78 is 32.8. The normalized spacial score (nSPS) is 14.8. The molecular weight excluding hydrogens is 480 g/mol. The lowest BCUT2D eigenvalue weighted by Gasteiger charge is -2.20. The lowest BCUT2D eigenvalue weighted by molar-refractivity contribution is 0.416. The van der Waals surface area contributed by atoms with E-state index >= 15 is 0 Å². The van der Waals surface area contributed by atoms with Crippen LogP contribution in [0.4, 0.5) is 17.3 Å². The standard InChI is InChI=1S/C21H20N6O3S3/c1-30-18-6-3-2-5-17(18)25-21-27(13-14-32-21)20(31)24-15-7-9-16(10-8-15)33(28,29)26-19-22-11-4-12-23-19/h2-12H,13-14H2,1H3,(H,24,31)(H,22,23,26). The lowest BCUT2D eigenvalue weighted by Crippen LogP contribution is -2.35. The number of aromatic nitrogens is 2. The van der Waals surface area contributed by atoms with Crippen molar-refractivity contribution in [3.05, 3.63) is 67.0 Å². The minimum atomic E-state index is -3.80. The van der Waals surface area contributed by atoms with E-state index in [2.05, 4.69) is 20.0 Å². The Hall–Kier alpha value is -3.22. The molecule has 2 heterocycles. The van der Waals surface area contributed by atoms with Crippen LogP contribution in [0.3, 0.4) is 0 Å². The van der Waals surface area contributed by atoms with Gasteiger partial charge in [0.1, 0.15) is 11.4 Å². The van der Waals surface area contributed by atoms with Gasteiger partial charge >= 0.3 is 0 Å². The number of thiocarbonyl (C=S) groups is 1. The van der Waals surface area contributed by atoms with Crippen molar-refractivity contribution in [3.63, 3.8) is 0 Å². The number of ether oxygens (including phenoxy) is 1. The van der Waals surface area contributed by atoms with Crippen LogP contribution >= 0.6 is 24.0 Å². The maximum atomic E-state index is 12.5. The summed E-state index contributed by atoms with van der Waals surface area (Å²) in [6.07, 6.45) is 2.92. The number of hydrogen-bond acceptors (Lipinski definition) is 8. The van der Waals surface area contributed by atoms with Gasteiger partial charge in [0.05, 0.1) is 12.0 Å². The zero-order valence-electron chi connectivity index (χ0n) is 17.5. The van der Waals surface area contributed by atoms with Gasteiger partial charge in [0.2, 0.25) is 5.95 Å². The van der Waals surface area contributed by atoms with Gasteiger partial charge in [-0.15, -0.1) is 0 Å². The molecule has 4 rings (SSSR count). The summed E-state index contributed by atoms with van der Waals surface area (Å²) in [5, 5.41) is 4.39. The molecule has 33 heavy (non-hydrogen) atoms. The second kappa shape index (κ2) is 10.1. The molecule has 0 atom stereocenters. The van der Waals surface area contributed by atoms with Crippen molar-refractivity contribution in [1.29, 1.82) is 0 Å². The van der Waals surface area contributed by atoms with Gasteiger partial charge in [-0.2, -0.15) is 0 Å². The molecule has 9 nitrogen and oxygen atoms in total. The summed E-state index contributed by atoms with van der Waals surface area (Å²) in [5.41, 5.74) is 1.38. The van der Waals surface area contributed by atoms with Crippen LogP contribution in [0.5, 0.6) is 5.75 Å². The van der Waals surface area contributed by atoms with Crippen LogP contribution in [0.1, 0.15) is 0 Å². The average molecular weight is 501 g/mol. The number of para-hydroxylation sites is 2. The predicted molar refractivity (Wildman–Crippen MR) is 135 cm³/mol. The molecule has 0 saturated carbocycles. The molecule has 1 fully saturated rings. The van der Waals surface area contributed by atoms with E-state index in [0.29, 0.717) is 23.1 Å². The van der Waals surface area contributed by atoms with Crippen LogP contribution in [0.25, 0.3) is 0 Å². The first-order valence-corrected chi connectivity index (χ1v) is 12.7. The quantitative estimate of drug-likeness (QED) is 0.490. The van der Waals surface area contributed by atoms with Gasteiger partial charge in [-0.05, 0) is 54.7 Å². The molecule has 0 spiro atoms.